The summed E-state index contributed by atoms with van der Waals surface area (Å²) in [6, 6.07) is 7.68. The second-order valence-corrected chi connectivity index (χ2v) is 6.02. The molecule has 114 valence electrons. The summed E-state index contributed by atoms with van der Waals surface area (Å²) in [7, 11) is 1.66. The number of rotatable bonds is 3. The van der Waals surface area contributed by atoms with E-state index >= 15 is 0 Å². The quantitative estimate of drug-likeness (QED) is 0.824. The van der Waals surface area contributed by atoms with Crippen LogP contribution < -0.4 is 10.2 Å². The van der Waals surface area contributed by atoms with E-state index in [2.05, 4.69) is 31.4 Å². The number of ether oxygens (including phenoxy) is 1. The summed E-state index contributed by atoms with van der Waals surface area (Å²) in [4.78, 5) is 14.9. The van der Waals surface area contributed by atoms with Crippen molar-refractivity contribution in [1.29, 1.82) is 0 Å². The zero-order chi connectivity index (χ0) is 15.5. The number of methoxy groups -OCH3 is 1. The third kappa shape index (κ3) is 3.06. The number of aryl methyl sites for hydroxylation is 1. The van der Waals surface area contributed by atoms with Crippen LogP contribution in [0.25, 0.3) is 0 Å². The van der Waals surface area contributed by atoms with Crippen LogP contribution in [-0.2, 0) is 6.42 Å². The van der Waals surface area contributed by atoms with Gasteiger partial charge in [-0.2, -0.15) is 5.10 Å². The minimum absolute atomic E-state index is 0.251. The fraction of sp³-hybridized carbons (Fsp3) is 0.250. The van der Waals surface area contributed by atoms with Crippen LogP contribution in [0.2, 0.25) is 0 Å². The van der Waals surface area contributed by atoms with Gasteiger partial charge in [-0.3, -0.25) is 4.79 Å². The lowest BCUT2D eigenvalue weighted by Crippen LogP contribution is -2.22. The zero-order valence-electron chi connectivity index (χ0n) is 12.1. The lowest BCUT2D eigenvalue weighted by molar-refractivity contribution is 0.0950. The molecule has 0 bridgehead atoms. The maximum Gasteiger partial charge on any atom is 0.287 e. The van der Waals surface area contributed by atoms with Crippen molar-refractivity contribution in [1.82, 2.24) is 10.4 Å². The zero-order valence-corrected chi connectivity index (χ0v) is 13.7. The summed E-state index contributed by atoms with van der Waals surface area (Å²) in [6.07, 6.45) is 4.59. The molecule has 0 aliphatic heterocycles. The predicted molar refractivity (Wildman–Crippen MR) is 88.4 cm³/mol. The summed E-state index contributed by atoms with van der Waals surface area (Å²) in [5, 5.41) is 4.31. The maximum atomic E-state index is 12.0. The van der Waals surface area contributed by atoms with Gasteiger partial charge in [-0.25, -0.2) is 5.43 Å². The molecule has 0 fully saturated rings. The number of aromatic nitrogens is 1. The molecule has 2 aromatic rings. The van der Waals surface area contributed by atoms with Crippen LogP contribution >= 0.6 is 15.9 Å². The first-order valence-corrected chi connectivity index (χ1v) is 7.85. The normalized spacial score (nSPS) is 15.5. The topological polar surface area (TPSA) is 66.5 Å². The Morgan fingerprint density at radius 1 is 1.36 bits per heavy atom. The van der Waals surface area contributed by atoms with Gasteiger partial charge in [0.15, 0.2) is 0 Å². The van der Waals surface area contributed by atoms with Crippen molar-refractivity contribution in [2.45, 2.75) is 19.3 Å². The summed E-state index contributed by atoms with van der Waals surface area (Å²) in [5.41, 5.74) is 6.29. The first-order chi connectivity index (χ1) is 10.7. The lowest BCUT2D eigenvalue weighted by atomic mass is 9.90. The largest absolute Gasteiger partial charge is 0.497 e. The molecule has 0 unspecified atom stereocenters. The van der Waals surface area contributed by atoms with Gasteiger partial charge < -0.3 is 9.72 Å². The predicted octanol–water partition coefficient (Wildman–Crippen LogP) is 3.26. The van der Waals surface area contributed by atoms with E-state index in [4.69, 9.17) is 4.74 Å². The second-order valence-electron chi connectivity index (χ2n) is 5.11. The van der Waals surface area contributed by atoms with Crippen LogP contribution in [-0.4, -0.2) is 23.7 Å². The molecule has 1 aromatic carbocycles. The smallest absolute Gasteiger partial charge is 0.287 e. The van der Waals surface area contributed by atoms with Crippen LogP contribution in [0.4, 0.5) is 0 Å². The third-order valence-electron chi connectivity index (χ3n) is 3.67. The number of carbonyl (C=O) groups is 1. The molecule has 0 spiro atoms. The van der Waals surface area contributed by atoms with Gasteiger partial charge in [0.1, 0.15) is 11.4 Å². The van der Waals surface area contributed by atoms with E-state index in [1.54, 1.807) is 19.4 Å². The molecule has 22 heavy (non-hydrogen) atoms. The van der Waals surface area contributed by atoms with Crippen molar-refractivity contribution in [2.75, 3.05) is 7.11 Å². The molecule has 6 heteroatoms. The fourth-order valence-corrected chi connectivity index (χ4v) is 2.90. The van der Waals surface area contributed by atoms with Gasteiger partial charge in [0.25, 0.3) is 5.91 Å². The van der Waals surface area contributed by atoms with Crippen LogP contribution in [0, 0.1) is 0 Å². The molecule has 1 aliphatic carbocycles. The maximum absolute atomic E-state index is 12.0. The Balaban J connectivity index is 1.80. The van der Waals surface area contributed by atoms with Gasteiger partial charge in [-0.1, -0.05) is 0 Å². The standard InChI is InChI=1S/C16H16BrN3O2/c1-22-12-5-6-13-10(7-12)3-2-4-14(13)19-20-16(21)15-8-11(17)9-18-15/h5-9,18H,2-4H2,1H3,(H,20,21)/b19-14-. The Morgan fingerprint density at radius 3 is 2.95 bits per heavy atom. The Labute approximate surface area is 136 Å². The highest BCUT2D eigenvalue weighted by Gasteiger charge is 2.17. The number of carbonyl (C=O) groups excluding carboxylic acids is 1. The summed E-state index contributed by atoms with van der Waals surface area (Å²) in [5.74, 6) is 0.596. The molecular formula is C16H16BrN3O2. The van der Waals surface area contributed by atoms with Crippen LogP contribution in [0.15, 0.2) is 40.0 Å². The van der Waals surface area contributed by atoms with Gasteiger partial charge in [0, 0.05) is 16.2 Å². The molecule has 0 radical (unpaired) electrons. The number of hydrogen-bond acceptors (Lipinski definition) is 3. The molecule has 1 aliphatic rings. The van der Waals surface area contributed by atoms with Gasteiger partial charge in [-0.15, -0.1) is 0 Å². The second kappa shape index (κ2) is 6.36. The number of halogens is 1. The first kappa shape index (κ1) is 14.8. The van der Waals surface area contributed by atoms with Crippen LogP contribution in [0.5, 0.6) is 5.75 Å². The fourth-order valence-electron chi connectivity index (χ4n) is 2.56. The minimum atomic E-state index is -0.251. The van der Waals surface area contributed by atoms with E-state index < -0.39 is 0 Å². The molecule has 5 nitrogen and oxygen atoms in total. The van der Waals surface area contributed by atoms with Crippen LogP contribution in [0.3, 0.4) is 0 Å². The van der Waals surface area contributed by atoms with Gasteiger partial charge >= 0.3 is 0 Å². The minimum Gasteiger partial charge on any atom is -0.497 e. The first-order valence-electron chi connectivity index (χ1n) is 7.05. The number of fused-ring (bicyclic) bond motifs is 1. The van der Waals surface area contributed by atoms with Crippen molar-refractivity contribution in [2.24, 2.45) is 5.10 Å². The number of hydrogen-bond donors (Lipinski definition) is 2. The van der Waals surface area contributed by atoms with E-state index in [0.29, 0.717) is 5.69 Å². The van der Waals surface area contributed by atoms with Gasteiger partial charge in [-0.05, 0) is 65.0 Å². The number of aromatic amines is 1. The summed E-state index contributed by atoms with van der Waals surface area (Å²) < 4.78 is 6.09. The average Bonchev–Trinajstić information content (AvgIpc) is 2.98. The lowest BCUT2D eigenvalue weighted by Gasteiger charge is -2.18. The molecular weight excluding hydrogens is 346 g/mol. The molecule has 0 saturated carbocycles. The molecule has 3 rings (SSSR count). The Bertz CT molecular complexity index is 737. The molecule has 1 heterocycles. The van der Waals surface area contributed by atoms with Gasteiger partial charge in [0.05, 0.1) is 12.8 Å². The van der Waals surface area contributed by atoms with Crippen molar-refractivity contribution >= 4 is 27.5 Å². The van der Waals surface area contributed by atoms with Crippen molar-refractivity contribution in [3.8, 4) is 5.75 Å². The Kier molecular flexibility index (Phi) is 4.29. The highest BCUT2D eigenvalue weighted by Crippen LogP contribution is 2.25. The van der Waals surface area contributed by atoms with Crippen molar-refractivity contribution in [3.05, 3.63) is 51.8 Å². The van der Waals surface area contributed by atoms with E-state index in [0.717, 1.165) is 40.8 Å². The van der Waals surface area contributed by atoms with Crippen molar-refractivity contribution in [3.63, 3.8) is 0 Å². The highest BCUT2D eigenvalue weighted by atomic mass is 79.9. The number of amides is 1. The van der Waals surface area contributed by atoms with Crippen LogP contribution in [0.1, 0.15) is 34.5 Å². The molecule has 0 saturated heterocycles. The molecule has 1 aromatic heterocycles. The summed E-state index contributed by atoms with van der Waals surface area (Å²) in [6.45, 7) is 0. The van der Waals surface area contributed by atoms with Gasteiger partial charge in [0.2, 0.25) is 0 Å². The van der Waals surface area contributed by atoms with E-state index in [1.807, 2.05) is 18.2 Å². The summed E-state index contributed by atoms with van der Waals surface area (Å²) >= 11 is 3.30. The Morgan fingerprint density at radius 2 is 2.23 bits per heavy atom. The molecule has 1 amide bonds. The third-order valence-corrected chi connectivity index (χ3v) is 4.13. The van der Waals surface area contributed by atoms with E-state index in [1.165, 1.54) is 5.56 Å². The highest BCUT2D eigenvalue weighted by molar-refractivity contribution is 9.10. The average molecular weight is 362 g/mol. The molecule has 2 N–H and O–H groups in total. The van der Waals surface area contributed by atoms with E-state index in [-0.39, 0.29) is 5.91 Å². The molecule has 0 atom stereocenters. The van der Waals surface area contributed by atoms with E-state index in [9.17, 15) is 4.79 Å². The van der Waals surface area contributed by atoms with Crippen molar-refractivity contribution < 1.29 is 9.53 Å². The monoisotopic (exact) mass is 361 g/mol. The number of nitrogens with one attached hydrogen (secondary N) is 2. The SMILES string of the molecule is COc1ccc2c(c1)CCC/C2=N/NC(=O)c1cc(Br)c[nH]1. The number of hydrazone groups is 1. The Hall–Kier alpha value is -2.08. The number of nitrogens with zero attached hydrogens (tertiary/aromatic N) is 1. The number of H-pyrrole nitrogens is 1. The number of benzene rings is 1.